The molecule has 31 heavy (non-hydrogen) atoms. The average molecular weight is 460 g/mol. The number of rotatable bonds is 9. The Balaban J connectivity index is 1.52. The van der Waals surface area contributed by atoms with E-state index in [1.54, 1.807) is 24.3 Å². The van der Waals surface area contributed by atoms with Gasteiger partial charge in [0.25, 0.3) is 11.6 Å². The topological polar surface area (TPSA) is 84.3 Å². The van der Waals surface area contributed by atoms with E-state index in [-0.39, 0.29) is 22.4 Å². The zero-order chi connectivity index (χ0) is 22.2. The van der Waals surface area contributed by atoms with Crippen LogP contribution in [0.3, 0.4) is 0 Å². The maximum Gasteiger partial charge on any atom is 0.271 e. The van der Waals surface area contributed by atoms with Crippen LogP contribution in [0.25, 0.3) is 0 Å². The molecule has 3 aromatic carbocycles. The maximum absolute atomic E-state index is 13.0. The lowest BCUT2D eigenvalue weighted by molar-refractivity contribution is -0.384. The maximum atomic E-state index is 13.0. The summed E-state index contributed by atoms with van der Waals surface area (Å²) in [5.74, 6) is 0.126. The summed E-state index contributed by atoms with van der Waals surface area (Å²) in [6.45, 7) is 0.733. The predicted molar refractivity (Wildman–Crippen MR) is 121 cm³/mol. The van der Waals surface area contributed by atoms with Crippen LogP contribution >= 0.6 is 23.4 Å². The Hall–Kier alpha value is -3.10. The number of nitrogens with one attached hydrogen (secondary N) is 2. The first-order valence-electron chi connectivity index (χ1n) is 9.36. The van der Waals surface area contributed by atoms with Crippen LogP contribution in [-0.2, 0) is 5.75 Å². The number of halogens is 2. The standard InChI is InChI=1S/C22H19ClFN3O3S/c23-19-13-17(27(29)30)9-10-20(19)25-11-12-26-22(28)18-3-1-2-4-21(18)31-14-15-5-7-16(24)8-6-15/h1-10,13,25H,11-12,14H2,(H,26,28). The minimum Gasteiger partial charge on any atom is -0.382 e. The van der Waals surface area contributed by atoms with Crippen LogP contribution in [0.4, 0.5) is 15.8 Å². The van der Waals surface area contributed by atoms with E-state index in [9.17, 15) is 19.3 Å². The monoisotopic (exact) mass is 459 g/mol. The lowest BCUT2D eigenvalue weighted by Crippen LogP contribution is -2.29. The molecular weight excluding hydrogens is 441 g/mol. The summed E-state index contributed by atoms with van der Waals surface area (Å²) < 4.78 is 13.0. The van der Waals surface area contributed by atoms with Crippen LogP contribution in [0.5, 0.6) is 0 Å². The summed E-state index contributed by atoms with van der Waals surface area (Å²) in [6.07, 6.45) is 0. The first-order valence-corrected chi connectivity index (χ1v) is 10.7. The number of thioether (sulfide) groups is 1. The molecule has 1 amide bonds. The van der Waals surface area contributed by atoms with Crippen molar-refractivity contribution in [1.29, 1.82) is 0 Å². The molecule has 0 spiro atoms. The molecule has 0 aliphatic rings. The molecule has 0 atom stereocenters. The normalized spacial score (nSPS) is 10.5. The van der Waals surface area contributed by atoms with Crippen molar-refractivity contribution in [3.8, 4) is 0 Å². The third-order valence-corrected chi connectivity index (χ3v) is 5.79. The second-order valence-corrected chi connectivity index (χ2v) is 7.94. The number of carbonyl (C=O) groups excluding carboxylic acids is 1. The molecule has 0 radical (unpaired) electrons. The van der Waals surface area contributed by atoms with Crippen molar-refractivity contribution in [2.45, 2.75) is 10.6 Å². The van der Waals surface area contributed by atoms with E-state index in [2.05, 4.69) is 10.6 Å². The number of carbonyl (C=O) groups is 1. The summed E-state index contributed by atoms with van der Waals surface area (Å²) >= 11 is 7.55. The summed E-state index contributed by atoms with van der Waals surface area (Å²) in [7, 11) is 0. The number of nitro groups is 1. The molecule has 0 aliphatic heterocycles. The summed E-state index contributed by atoms with van der Waals surface area (Å²) in [6, 6.07) is 17.7. The highest BCUT2D eigenvalue weighted by Gasteiger charge is 2.12. The number of non-ortho nitro benzene ring substituents is 1. The van der Waals surface area contributed by atoms with Gasteiger partial charge in [0.05, 0.1) is 21.2 Å². The third kappa shape index (κ3) is 6.44. The Morgan fingerprint density at radius 3 is 2.52 bits per heavy atom. The fourth-order valence-electron chi connectivity index (χ4n) is 2.75. The molecule has 0 saturated carbocycles. The van der Waals surface area contributed by atoms with Crippen molar-refractivity contribution >= 4 is 40.6 Å². The SMILES string of the molecule is O=C(NCCNc1ccc([N+](=O)[O-])cc1Cl)c1ccccc1SCc1ccc(F)cc1. The van der Waals surface area contributed by atoms with E-state index in [1.807, 2.05) is 12.1 Å². The number of benzene rings is 3. The number of hydrogen-bond acceptors (Lipinski definition) is 5. The van der Waals surface area contributed by atoms with Crippen LogP contribution in [0.2, 0.25) is 5.02 Å². The number of hydrogen-bond donors (Lipinski definition) is 2. The highest BCUT2D eigenvalue weighted by atomic mass is 35.5. The Bertz CT molecular complexity index is 1080. The second-order valence-electron chi connectivity index (χ2n) is 6.52. The molecule has 3 rings (SSSR count). The van der Waals surface area contributed by atoms with Crippen LogP contribution < -0.4 is 10.6 Å². The van der Waals surface area contributed by atoms with Gasteiger partial charge in [-0.1, -0.05) is 35.9 Å². The largest absolute Gasteiger partial charge is 0.382 e. The highest BCUT2D eigenvalue weighted by molar-refractivity contribution is 7.98. The van der Waals surface area contributed by atoms with Crippen LogP contribution in [-0.4, -0.2) is 23.9 Å². The van der Waals surface area contributed by atoms with Gasteiger partial charge in [-0.05, 0) is 35.9 Å². The van der Waals surface area contributed by atoms with Crippen LogP contribution in [0, 0.1) is 15.9 Å². The summed E-state index contributed by atoms with van der Waals surface area (Å²) in [4.78, 5) is 23.7. The summed E-state index contributed by atoms with van der Waals surface area (Å²) in [5, 5.41) is 16.9. The molecule has 2 N–H and O–H groups in total. The smallest absolute Gasteiger partial charge is 0.271 e. The Labute approximate surface area is 188 Å². The number of anilines is 1. The number of amides is 1. The molecular formula is C22H19ClFN3O3S. The zero-order valence-electron chi connectivity index (χ0n) is 16.3. The van der Waals surface area contributed by atoms with Crippen LogP contribution in [0.1, 0.15) is 15.9 Å². The van der Waals surface area contributed by atoms with Crippen molar-refractivity contribution in [2.75, 3.05) is 18.4 Å². The van der Waals surface area contributed by atoms with Gasteiger partial charge in [-0.2, -0.15) is 0 Å². The molecule has 9 heteroatoms. The molecule has 0 saturated heterocycles. The molecule has 0 heterocycles. The number of nitrogens with zero attached hydrogens (tertiary/aromatic N) is 1. The second kappa shape index (κ2) is 10.8. The molecule has 0 aromatic heterocycles. The quantitative estimate of drug-likeness (QED) is 0.190. The van der Waals surface area contributed by atoms with Crippen molar-refractivity contribution in [1.82, 2.24) is 5.32 Å². The lowest BCUT2D eigenvalue weighted by Gasteiger charge is -2.12. The molecule has 6 nitrogen and oxygen atoms in total. The van der Waals surface area contributed by atoms with Gasteiger partial charge in [0.2, 0.25) is 0 Å². The molecule has 0 fully saturated rings. The first kappa shape index (κ1) is 22.6. The fraction of sp³-hybridized carbons (Fsp3) is 0.136. The molecule has 160 valence electrons. The average Bonchev–Trinajstić information content (AvgIpc) is 2.77. The Morgan fingerprint density at radius 1 is 1.06 bits per heavy atom. The summed E-state index contributed by atoms with van der Waals surface area (Å²) in [5.41, 5.74) is 1.99. The van der Waals surface area contributed by atoms with E-state index in [0.717, 1.165) is 10.5 Å². The first-order chi connectivity index (χ1) is 14.9. The van der Waals surface area contributed by atoms with Gasteiger partial charge in [0.15, 0.2) is 0 Å². The van der Waals surface area contributed by atoms with Gasteiger partial charge < -0.3 is 10.6 Å². The van der Waals surface area contributed by atoms with E-state index in [1.165, 1.54) is 42.1 Å². The van der Waals surface area contributed by atoms with Crippen LogP contribution in [0.15, 0.2) is 71.6 Å². The van der Waals surface area contributed by atoms with Gasteiger partial charge >= 0.3 is 0 Å². The van der Waals surface area contributed by atoms with Gasteiger partial charge in [-0.25, -0.2) is 4.39 Å². The lowest BCUT2D eigenvalue weighted by atomic mass is 10.2. The molecule has 0 aliphatic carbocycles. The Morgan fingerprint density at radius 2 is 1.81 bits per heavy atom. The molecule has 0 unspecified atom stereocenters. The van der Waals surface area contributed by atoms with E-state index >= 15 is 0 Å². The van der Waals surface area contributed by atoms with Gasteiger partial charge in [0.1, 0.15) is 5.82 Å². The van der Waals surface area contributed by atoms with Crippen molar-refractivity contribution in [3.63, 3.8) is 0 Å². The van der Waals surface area contributed by atoms with Crippen molar-refractivity contribution in [3.05, 3.63) is 98.8 Å². The minimum absolute atomic E-state index is 0.0846. The number of nitro benzene ring substituents is 1. The van der Waals surface area contributed by atoms with Crippen molar-refractivity contribution in [2.24, 2.45) is 0 Å². The third-order valence-electron chi connectivity index (χ3n) is 4.33. The molecule has 0 bridgehead atoms. The van der Waals surface area contributed by atoms with Crippen molar-refractivity contribution < 1.29 is 14.1 Å². The van der Waals surface area contributed by atoms with Gasteiger partial charge in [-0.15, -0.1) is 11.8 Å². The zero-order valence-corrected chi connectivity index (χ0v) is 17.9. The minimum atomic E-state index is -0.512. The van der Waals surface area contributed by atoms with E-state index < -0.39 is 4.92 Å². The fourth-order valence-corrected chi connectivity index (χ4v) is 4.00. The highest BCUT2D eigenvalue weighted by Crippen LogP contribution is 2.27. The van der Waals surface area contributed by atoms with E-state index in [0.29, 0.717) is 30.1 Å². The Kier molecular flexibility index (Phi) is 7.86. The predicted octanol–water partition coefficient (Wildman–Crippen LogP) is 5.52. The molecule has 3 aromatic rings. The van der Waals surface area contributed by atoms with Gasteiger partial charge in [0, 0.05) is 35.9 Å². The van der Waals surface area contributed by atoms with Gasteiger partial charge in [-0.3, -0.25) is 14.9 Å². The van der Waals surface area contributed by atoms with E-state index in [4.69, 9.17) is 11.6 Å².